The van der Waals surface area contributed by atoms with Crippen molar-refractivity contribution in [2.75, 3.05) is 19.3 Å². The highest BCUT2D eigenvalue weighted by atomic mass is 35.5. The number of urea groups is 1. The Kier molecular flexibility index (Phi) is 6.20. The van der Waals surface area contributed by atoms with Crippen molar-refractivity contribution in [3.63, 3.8) is 0 Å². The number of rotatable bonds is 2. The van der Waals surface area contributed by atoms with Crippen LogP contribution >= 0.6 is 23.4 Å². The summed E-state index contributed by atoms with van der Waals surface area (Å²) in [6.07, 6.45) is 0. The van der Waals surface area contributed by atoms with E-state index in [0.717, 1.165) is 5.75 Å². The highest BCUT2D eigenvalue weighted by Crippen LogP contribution is 2.07. The van der Waals surface area contributed by atoms with Gasteiger partial charge in [0.05, 0.1) is 0 Å². The van der Waals surface area contributed by atoms with Gasteiger partial charge in [0.25, 0.3) is 0 Å². The lowest BCUT2D eigenvalue weighted by molar-refractivity contribution is 0.221. The first-order chi connectivity index (χ1) is 5.61. The van der Waals surface area contributed by atoms with Gasteiger partial charge in [0.1, 0.15) is 0 Å². The third-order valence-corrected chi connectivity index (χ3v) is 2.28. The second kappa shape index (κ2) is 6.31. The molecule has 12 heavy (non-hydrogen) atoms. The number of hydrogen-bond acceptors (Lipinski definition) is 2. The zero-order valence-electron chi connectivity index (χ0n) is 7.50. The van der Waals surface area contributed by atoms with Gasteiger partial charge in [0, 0.05) is 13.6 Å². The summed E-state index contributed by atoms with van der Waals surface area (Å²) in [5.74, 6) is 0.825. The Labute approximate surface area is 82.2 Å². The van der Waals surface area contributed by atoms with Crippen LogP contribution in [0.15, 0.2) is 4.99 Å². The molecule has 0 aliphatic heterocycles. The van der Waals surface area contributed by atoms with Crippen LogP contribution in [0.1, 0.15) is 13.8 Å². The predicted molar refractivity (Wildman–Crippen MR) is 55.1 cm³/mol. The first kappa shape index (κ1) is 11.8. The minimum absolute atomic E-state index is 0.288. The molecule has 2 amide bonds. The summed E-state index contributed by atoms with van der Waals surface area (Å²) < 4.78 is 0.308. The van der Waals surface area contributed by atoms with E-state index in [1.54, 1.807) is 7.05 Å². The minimum atomic E-state index is -0.288. The summed E-state index contributed by atoms with van der Waals surface area (Å²) in [5.41, 5.74) is 0. The fraction of sp³-hybridized carbons (Fsp3) is 0.714. The monoisotopic (exact) mass is 208 g/mol. The van der Waals surface area contributed by atoms with E-state index in [0.29, 0.717) is 11.0 Å². The van der Waals surface area contributed by atoms with Gasteiger partial charge in [-0.15, -0.1) is 0 Å². The van der Waals surface area contributed by atoms with Gasteiger partial charge < -0.3 is 4.90 Å². The molecule has 0 spiro atoms. The summed E-state index contributed by atoms with van der Waals surface area (Å²) in [4.78, 5) is 16.3. The summed E-state index contributed by atoms with van der Waals surface area (Å²) in [5, 5.41) is 0. The fourth-order valence-corrected chi connectivity index (χ4v) is 1.23. The average molecular weight is 209 g/mol. The molecule has 0 unspecified atom stereocenters. The Balaban J connectivity index is 4.04. The van der Waals surface area contributed by atoms with Gasteiger partial charge in [0.15, 0.2) is 4.50 Å². The number of nitrogens with zero attached hydrogens (tertiary/aromatic N) is 2. The van der Waals surface area contributed by atoms with Crippen molar-refractivity contribution in [3.8, 4) is 0 Å². The molecule has 0 N–H and O–H groups in total. The Bertz CT molecular complexity index is 184. The lowest BCUT2D eigenvalue weighted by Gasteiger charge is -2.09. The second-order valence-electron chi connectivity index (χ2n) is 2.09. The highest BCUT2D eigenvalue weighted by Gasteiger charge is 2.05. The topological polar surface area (TPSA) is 32.7 Å². The van der Waals surface area contributed by atoms with Crippen molar-refractivity contribution < 1.29 is 4.79 Å². The number of hydrogen-bond donors (Lipinski definition) is 0. The molecule has 0 heterocycles. The molecule has 0 aromatic carbocycles. The predicted octanol–water partition coefficient (Wildman–Crippen LogP) is 2.41. The Morgan fingerprint density at radius 3 is 2.58 bits per heavy atom. The molecule has 0 aromatic heterocycles. The molecular formula is C7H13ClN2OS. The number of halogens is 1. The third-order valence-electron chi connectivity index (χ3n) is 1.25. The van der Waals surface area contributed by atoms with Crippen LogP contribution in [0.25, 0.3) is 0 Å². The van der Waals surface area contributed by atoms with Crippen LogP contribution in [0.4, 0.5) is 4.79 Å². The van der Waals surface area contributed by atoms with Gasteiger partial charge in [-0.1, -0.05) is 30.3 Å². The second-order valence-corrected chi connectivity index (χ2v) is 3.93. The molecule has 0 bridgehead atoms. The van der Waals surface area contributed by atoms with E-state index in [2.05, 4.69) is 4.99 Å². The van der Waals surface area contributed by atoms with E-state index in [9.17, 15) is 4.79 Å². The van der Waals surface area contributed by atoms with Gasteiger partial charge >= 0.3 is 6.03 Å². The quantitative estimate of drug-likeness (QED) is 0.516. The molecule has 0 saturated carbocycles. The highest BCUT2D eigenvalue weighted by molar-refractivity contribution is 8.16. The van der Waals surface area contributed by atoms with Crippen LogP contribution < -0.4 is 0 Å². The van der Waals surface area contributed by atoms with E-state index in [1.807, 2.05) is 13.8 Å². The minimum Gasteiger partial charge on any atom is -0.326 e. The molecule has 3 nitrogen and oxygen atoms in total. The Hall–Kier alpha value is -0.220. The van der Waals surface area contributed by atoms with Gasteiger partial charge in [-0.3, -0.25) is 0 Å². The maximum absolute atomic E-state index is 11.1. The zero-order chi connectivity index (χ0) is 9.56. The Morgan fingerprint density at radius 2 is 2.17 bits per heavy atom. The largest absolute Gasteiger partial charge is 0.345 e. The summed E-state index contributed by atoms with van der Waals surface area (Å²) in [7, 11) is 1.69. The van der Waals surface area contributed by atoms with Crippen LogP contribution in [0.5, 0.6) is 0 Å². The van der Waals surface area contributed by atoms with Crippen molar-refractivity contribution >= 4 is 33.9 Å². The lowest BCUT2D eigenvalue weighted by atomic mass is 10.6. The molecule has 0 atom stereocenters. The van der Waals surface area contributed by atoms with Crippen molar-refractivity contribution in [1.82, 2.24) is 4.90 Å². The van der Waals surface area contributed by atoms with E-state index in [1.165, 1.54) is 16.7 Å². The van der Waals surface area contributed by atoms with Crippen LogP contribution in [0.2, 0.25) is 0 Å². The molecule has 0 radical (unpaired) electrons. The van der Waals surface area contributed by atoms with Gasteiger partial charge in [0.2, 0.25) is 0 Å². The first-order valence-corrected chi connectivity index (χ1v) is 5.10. The Morgan fingerprint density at radius 1 is 1.58 bits per heavy atom. The van der Waals surface area contributed by atoms with Gasteiger partial charge in [-0.2, -0.15) is 4.99 Å². The van der Waals surface area contributed by atoms with E-state index in [4.69, 9.17) is 11.6 Å². The smallest absolute Gasteiger partial charge is 0.326 e. The van der Waals surface area contributed by atoms with Crippen molar-refractivity contribution in [3.05, 3.63) is 0 Å². The van der Waals surface area contributed by atoms with E-state index >= 15 is 0 Å². The molecule has 0 saturated heterocycles. The number of aliphatic imine (C=N–C) groups is 1. The van der Waals surface area contributed by atoms with Crippen molar-refractivity contribution in [1.29, 1.82) is 0 Å². The molecule has 70 valence electrons. The molecule has 0 aromatic rings. The zero-order valence-corrected chi connectivity index (χ0v) is 9.08. The average Bonchev–Trinajstić information content (AvgIpc) is 2.03. The van der Waals surface area contributed by atoms with Crippen LogP contribution in [-0.2, 0) is 0 Å². The maximum Gasteiger partial charge on any atom is 0.345 e. The van der Waals surface area contributed by atoms with Gasteiger partial charge in [-0.25, -0.2) is 4.79 Å². The lowest BCUT2D eigenvalue weighted by Crippen LogP contribution is -2.23. The number of carbonyl (C=O) groups is 1. The number of thioether (sulfide) groups is 1. The number of amides is 2. The number of carbonyl (C=O) groups excluding carboxylic acids is 1. The van der Waals surface area contributed by atoms with Crippen molar-refractivity contribution in [2.45, 2.75) is 13.8 Å². The summed E-state index contributed by atoms with van der Waals surface area (Å²) in [6.45, 7) is 4.48. The SMILES string of the molecule is CCSC(Cl)=NC(=O)N(C)CC. The molecule has 5 heteroatoms. The third kappa shape index (κ3) is 4.62. The maximum atomic E-state index is 11.1. The van der Waals surface area contributed by atoms with E-state index < -0.39 is 0 Å². The molecule has 0 fully saturated rings. The molecule has 0 rings (SSSR count). The molecule has 0 aliphatic rings. The summed E-state index contributed by atoms with van der Waals surface area (Å²) in [6, 6.07) is -0.288. The van der Waals surface area contributed by atoms with Gasteiger partial charge in [-0.05, 0) is 12.7 Å². The van der Waals surface area contributed by atoms with E-state index in [-0.39, 0.29) is 6.03 Å². The summed E-state index contributed by atoms with van der Waals surface area (Å²) >= 11 is 7.00. The standard InChI is InChI=1S/C7H13ClN2OS/c1-4-10(3)7(11)9-6(8)12-5-2/h4-5H2,1-3H3. The fourth-order valence-electron chi connectivity index (χ4n) is 0.447. The van der Waals surface area contributed by atoms with Crippen molar-refractivity contribution in [2.24, 2.45) is 4.99 Å². The molecular weight excluding hydrogens is 196 g/mol. The first-order valence-electron chi connectivity index (χ1n) is 3.73. The normalized spacial score (nSPS) is 11.5. The van der Waals surface area contributed by atoms with Crippen LogP contribution in [0.3, 0.4) is 0 Å². The van der Waals surface area contributed by atoms with Crippen LogP contribution in [0, 0.1) is 0 Å². The molecule has 0 aliphatic carbocycles. The van der Waals surface area contributed by atoms with Crippen LogP contribution in [-0.4, -0.2) is 34.8 Å².